The quantitative estimate of drug-likeness (QED) is 0.843. The average molecular weight is 326 g/mol. The molecule has 2 aromatic rings. The number of carbonyl (C=O) groups is 1. The number of anilines is 1. The van der Waals surface area contributed by atoms with Crippen LogP contribution in [0.5, 0.6) is 0 Å². The van der Waals surface area contributed by atoms with Crippen molar-refractivity contribution in [1.29, 1.82) is 0 Å². The predicted octanol–water partition coefficient (Wildman–Crippen LogP) is 3.55. The van der Waals surface area contributed by atoms with Gasteiger partial charge in [0, 0.05) is 26.3 Å². The molecule has 4 nitrogen and oxygen atoms in total. The Morgan fingerprint density at radius 1 is 1.13 bits per heavy atom. The molecule has 0 aliphatic carbocycles. The summed E-state index contributed by atoms with van der Waals surface area (Å²) >= 11 is 0. The standard InChI is InChI=1S/C16H17F3N2O2/c1-20(2)14-5-3-12(4-6-14)9-21(11-16(17,18)19)15(22)13-7-8-23-10-13/h3-8,10H,9,11H2,1-2H3. The molecule has 0 radical (unpaired) electrons. The van der Waals surface area contributed by atoms with E-state index in [4.69, 9.17) is 4.42 Å². The zero-order valence-electron chi connectivity index (χ0n) is 12.8. The molecule has 0 N–H and O–H groups in total. The SMILES string of the molecule is CN(C)c1ccc(CN(CC(F)(F)F)C(=O)c2ccoc2)cc1. The molecule has 2 rings (SSSR count). The maximum absolute atomic E-state index is 12.8. The van der Waals surface area contributed by atoms with Gasteiger partial charge < -0.3 is 14.2 Å². The molecule has 23 heavy (non-hydrogen) atoms. The molecule has 1 heterocycles. The highest BCUT2D eigenvalue weighted by Crippen LogP contribution is 2.21. The second-order valence-corrected chi connectivity index (χ2v) is 5.35. The van der Waals surface area contributed by atoms with Crippen LogP contribution in [0.15, 0.2) is 47.3 Å². The van der Waals surface area contributed by atoms with E-state index in [0.29, 0.717) is 5.56 Å². The summed E-state index contributed by atoms with van der Waals surface area (Å²) in [4.78, 5) is 14.9. The van der Waals surface area contributed by atoms with Gasteiger partial charge in [-0.15, -0.1) is 0 Å². The van der Waals surface area contributed by atoms with Crippen molar-refractivity contribution in [2.24, 2.45) is 0 Å². The number of hydrogen-bond acceptors (Lipinski definition) is 3. The van der Waals surface area contributed by atoms with Gasteiger partial charge in [-0.25, -0.2) is 0 Å². The summed E-state index contributed by atoms with van der Waals surface area (Å²) in [5.41, 5.74) is 1.65. The third kappa shape index (κ3) is 4.77. The molecule has 0 spiro atoms. The van der Waals surface area contributed by atoms with Crippen LogP contribution in [0.4, 0.5) is 18.9 Å². The summed E-state index contributed by atoms with van der Waals surface area (Å²) in [6.07, 6.45) is -2.07. The van der Waals surface area contributed by atoms with Crippen LogP contribution in [0.25, 0.3) is 0 Å². The van der Waals surface area contributed by atoms with Crippen molar-refractivity contribution in [3.63, 3.8) is 0 Å². The van der Waals surface area contributed by atoms with Crippen molar-refractivity contribution in [3.8, 4) is 0 Å². The van der Waals surface area contributed by atoms with Crippen LogP contribution in [0.2, 0.25) is 0 Å². The van der Waals surface area contributed by atoms with Gasteiger partial charge in [0.15, 0.2) is 0 Å². The number of alkyl halides is 3. The summed E-state index contributed by atoms with van der Waals surface area (Å²) in [7, 11) is 3.74. The fourth-order valence-corrected chi connectivity index (χ4v) is 2.10. The van der Waals surface area contributed by atoms with E-state index in [0.717, 1.165) is 16.9 Å². The third-order valence-electron chi connectivity index (χ3n) is 3.25. The van der Waals surface area contributed by atoms with E-state index in [1.807, 2.05) is 19.0 Å². The lowest BCUT2D eigenvalue weighted by Crippen LogP contribution is -2.38. The molecule has 0 fully saturated rings. The number of carbonyl (C=O) groups excluding carboxylic acids is 1. The van der Waals surface area contributed by atoms with Crippen molar-refractivity contribution in [1.82, 2.24) is 4.90 Å². The molecule has 0 unspecified atom stereocenters. The molecule has 0 aliphatic heterocycles. The first-order valence-electron chi connectivity index (χ1n) is 6.91. The van der Waals surface area contributed by atoms with E-state index in [1.54, 1.807) is 24.3 Å². The minimum absolute atomic E-state index is 0.0964. The molecular formula is C16H17F3N2O2. The summed E-state index contributed by atoms with van der Waals surface area (Å²) in [5.74, 6) is -0.715. The molecule has 0 saturated carbocycles. The molecule has 1 amide bonds. The third-order valence-corrected chi connectivity index (χ3v) is 3.25. The fraction of sp³-hybridized carbons (Fsp3) is 0.312. The van der Waals surface area contributed by atoms with Gasteiger partial charge in [0.1, 0.15) is 12.8 Å². The molecule has 7 heteroatoms. The molecule has 0 atom stereocenters. The van der Waals surface area contributed by atoms with Gasteiger partial charge in [-0.2, -0.15) is 13.2 Å². The van der Waals surface area contributed by atoms with Gasteiger partial charge >= 0.3 is 6.18 Å². The van der Waals surface area contributed by atoms with Crippen LogP contribution in [-0.2, 0) is 6.54 Å². The van der Waals surface area contributed by atoms with Crippen molar-refractivity contribution in [2.75, 3.05) is 25.5 Å². The molecule has 0 saturated heterocycles. The van der Waals surface area contributed by atoms with E-state index >= 15 is 0 Å². The van der Waals surface area contributed by atoms with Crippen LogP contribution in [-0.4, -0.2) is 37.6 Å². The van der Waals surface area contributed by atoms with E-state index in [1.165, 1.54) is 12.3 Å². The summed E-state index contributed by atoms with van der Waals surface area (Å²) < 4.78 is 43.0. The highest BCUT2D eigenvalue weighted by atomic mass is 19.4. The Labute approximate surface area is 132 Å². The Hall–Kier alpha value is -2.44. The second kappa shape index (κ2) is 6.76. The lowest BCUT2D eigenvalue weighted by atomic mass is 10.1. The minimum atomic E-state index is -4.47. The van der Waals surface area contributed by atoms with Gasteiger partial charge in [-0.1, -0.05) is 12.1 Å². The van der Waals surface area contributed by atoms with Crippen LogP contribution in [0.3, 0.4) is 0 Å². The highest BCUT2D eigenvalue weighted by Gasteiger charge is 2.33. The van der Waals surface area contributed by atoms with Crippen molar-refractivity contribution in [2.45, 2.75) is 12.7 Å². The van der Waals surface area contributed by atoms with Crippen LogP contribution < -0.4 is 4.90 Å². The number of nitrogens with zero attached hydrogens (tertiary/aromatic N) is 2. The first-order valence-corrected chi connectivity index (χ1v) is 6.91. The summed E-state index contributed by atoms with van der Waals surface area (Å²) in [6.45, 7) is -1.44. The number of hydrogen-bond donors (Lipinski definition) is 0. The lowest BCUT2D eigenvalue weighted by Gasteiger charge is -2.24. The lowest BCUT2D eigenvalue weighted by molar-refractivity contribution is -0.141. The van der Waals surface area contributed by atoms with Gasteiger partial charge in [0.25, 0.3) is 5.91 Å². The first-order chi connectivity index (χ1) is 10.8. The van der Waals surface area contributed by atoms with E-state index in [2.05, 4.69) is 0 Å². The molecule has 1 aromatic carbocycles. The van der Waals surface area contributed by atoms with E-state index in [-0.39, 0.29) is 12.1 Å². The van der Waals surface area contributed by atoms with Gasteiger partial charge in [-0.05, 0) is 23.8 Å². The van der Waals surface area contributed by atoms with E-state index < -0.39 is 18.6 Å². The molecule has 0 bridgehead atoms. The highest BCUT2D eigenvalue weighted by molar-refractivity contribution is 5.93. The smallest absolute Gasteiger partial charge is 0.406 e. The maximum atomic E-state index is 12.8. The van der Waals surface area contributed by atoms with Crippen LogP contribution in [0.1, 0.15) is 15.9 Å². The fourth-order valence-electron chi connectivity index (χ4n) is 2.10. The second-order valence-electron chi connectivity index (χ2n) is 5.35. The number of rotatable bonds is 5. The first kappa shape index (κ1) is 16.9. The average Bonchev–Trinajstić information content (AvgIpc) is 2.99. The zero-order chi connectivity index (χ0) is 17.0. The van der Waals surface area contributed by atoms with Gasteiger partial charge in [0.2, 0.25) is 0 Å². The Kier molecular flexibility index (Phi) is 4.98. The van der Waals surface area contributed by atoms with Crippen LogP contribution >= 0.6 is 0 Å². The van der Waals surface area contributed by atoms with Crippen molar-refractivity contribution in [3.05, 3.63) is 54.0 Å². The molecule has 0 aliphatic rings. The number of furan rings is 1. The predicted molar refractivity (Wildman–Crippen MR) is 80.3 cm³/mol. The zero-order valence-corrected chi connectivity index (χ0v) is 12.8. The Bertz CT molecular complexity index is 634. The normalized spacial score (nSPS) is 11.3. The summed E-state index contributed by atoms with van der Waals surface area (Å²) in [6, 6.07) is 8.36. The topological polar surface area (TPSA) is 36.7 Å². The van der Waals surface area contributed by atoms with E-state index in [9.17, 15) is 18.0 Å². The van der Waals surface area contributed by atoms with Gasteiger partial charge in [-0.3, -0.25) is 4.79 Å². The van der Waals surface area contributed by atoms with Crippen molar-refractivity contribution < 1.29 is 22.4 Å². The number of halogens is 3. The largest absolute Gasteiger partial charge is 0.472 e. The Morgan fingerprint density at radius 3 is 2.26 bits per heavy atom. The van der Waals surface area contributed by atoms with Crippen molar-refractivity contribution >= 4 is 11.6 Å². The monoisotopic (exact) mass is 326 g/mol. The molecular weight excluding hydrogens is 309 g/mol. The summed E-state index contributed by atoms with van der Waals surface area (Å²) in [5, 5.41) is 0. The Balaban J connectivity index is 2.18. The molecule has 1 aromatic heterocycles. The van der Waals surface area contributed by atoms with Gasteiger partial charge in [0.05, 0.1) is 11.8 Å². The number of benzene rings is 1. The minimum Gasteiger partial charge on any atom is -0.472 e. The Morgan fingerprint density at radius 2 is 1.78 bits per heavy atom. The molecule has 124 valence electrons. The maximum Gasteiger partial charge on any atom is 0.406 e. The number of amides is 1. The van der Waals surface area contributed by atoms with Crippen LogP contribution in [0, 0.1) is 0 Å².